The molecule has 1 aromatic heterocycles. The molecule has 0 unspecified atom stereocenters. The summed E-state index contributed by atoms with van der Waals surface area (Å²) >= 11 is 5.99. The van der Waals surface area contributed by atoms with Crippen molar-refractivity contribution >= 4 is 41.5 Å². The molecule has 0 saturated heterocycles. The number of hydrogen-bond donors (Lipinski definition) is 2. The van der Waals surface area contributed by atoms with E-state index in [-0.39, 0.29) is 24.0 Å². The Morgan fingerprint density at radius 1 is 1.30 bits per heavy atom. The van der Waals surface area contributed by atoms with E-state index in [4.69, 9.17) is 11.6 Å². The van der Waals surface area contributed by atoms with E-state index < -0.39 is 0 Å². The van der Waals surface area contributed by atoms with Gasteiger partial charge in [0.25, 0.3) is 0 Å². The number of guanidine groups is 1. The van der Waals surface area contributed by atoms with Crippen LogP contribution in [0.5, 0.6) is 0 Å². The van der Waals surface area contributed by atoms with Crippen LogP contribution in [-0.2, 0) is 20.0 Å². The van der Waals surface area contributed by atoms with Gasteiger partial charge in [-0.2, -0.15) is 5.10 Å². The molecule has 0 saturated carbocycles. The third kappa shape index (κ3) is 6.78. The Hall–Kier alpha value is -1.28. The summed E-state index contributed by atoms with van der Waals surface area (Å²) in [5.74, 6) is 0.811. The fourth-order valence-corrected chi connectivity index (χ4v) is 2.29. The van der Waals surface area contributed by atoms with Crippen LogP contribution < -0.4 is 10.6 Å². The molecule has 2 rings (SSSR count). The third-order valence-electron chi connectivity index (χ3n) is 3.26. The van der Waals surface area contributed by atoms with Crippen LogP contribution >= 0.6 is 35.6 Å². The molecule has 0 aliphatic heterocycles. The van der Waals surface area contributed by atoms with E-state index in [9.17, 15) is 0 Å². The normalized spacial score (nSPS) is 11.0. The zero-order valence-electron chi connectivity index (χ0n) is 13.4. The first-order chi connectivity index (χ1) is 10.7. The molecule has 0 atom stereocenters. The van der Waals surface area contributed by atoms with Gasteiger partial charge < -0.3 is 10.6 Å². The highest BCUT2D eigenvalue weighted by Gasteiger charge is 2.01. The van der Waals surface area contributed by atoms with Gasteiger partial charge in [0.15, 0.2) is 5.96 Å². The van der Waals surface area contributed by atoms with Gasteiger partial charge in [-0.15, -0.1) is 24.0 Å². The number of aryl methyl sites for hydroxylation is 1. The van der Waals surface area contributed by atoms with E-state index >= 15 is 0 Å². The number of aromatic nitrogens is 2. The SMILES string of the molecule is CCNC(=NCc1ccnn1C)NCCc1cccc(Cl)c1.I. The Kier molecular flexibility index (Phi) is 9.01. The Bertz CT molecular complexity index is 626. The van der Waals surface area contributed by atoms with E-state index in [2.05, 4.69) is 33.7 Å². The maximum atomic E-state index is 5.99. The summed E-state index contributed by atoms with van der Waals surface area (Å²) in [6.07, 6.45) is 2.68. The van der Waals surface area contributed by atoms with Gasteiger partial charge in [0.2, 0.25) is 0 Å². The van der Waals surface area contributed by atoms with E-state index in [1.165, 1.54) is 5.56 Å². The summed E-state index contributed by atoms with van der Waals surface area (Å²) in [5.41, 5.74) is 2.29. The standard InChI is InChI=1S/C16H22ClN5.HI/c1-3-18-16(20-12-15-8-10-21-22(15)2)19-9-7-13-5-4-6-14(17)11-13;/h4-6,8,10-11H,3,7,9,12H2,1-2H3,(H2,18,19,20);1H. The maximum Gasteiger partial charge on any atom is 0.191 e. The Morgan fingerprint density at radius 3 is 2.78 bits per heavy atom. The molecule has 1 heterocycles. The summed E-state index contributed by atoms with van der Waals surface area (Å²) in [5, 5.41) is 11.5. The van der Waals surface area contributed by atoms with E-state index in [1.54, 1.807) is 6.20 Å². The van der Waals surface area contributed by atoms with E-state index in [0.717, 1.165) is 36.2 Å². The minimum atomic E-state index is 0. The lowest BCUT2D eigenvalue weighted by Crippen LogP contribution is -2.38. The number of nitrogens with one attached hydrogen (secondary N) is 2. The minimum Gasteiger partial charge on any atom is -0.357 e. The van der Waals surface area contributed by atoms with Crippen LogP contribution in [0.25, 0.3) is 0 Å². The monoisotopic (exact) mass is 447 g/mol. The third-order valence-corrected chi connectivity index (χ3v) is 3.50. The molecule has 126 valence electrons. The van der Waals surface area contributed by atoms with E-state index in [1.807, 2.05) is 36.0 Å². The largest absolute Gasteiger partial charge is 0.357 e. The topological polar surface area (TPSA) is 54.2 Å². The molecular weight excluding hydrogens is 425 g/mol. The molecular formula is C16H23ClIN5. The summed E-state index contributed by atoms with van der Waals surface area (Å²) < 4.78 is 1.83. The first-order valence-electron chi connectivity index (χ1n) is 7.42. The van der Waals surface area contributed by atoms with E-state index in [0.29, 0.717) is 6.54 Å². The van der Waals surface area contributed by atoms with Crippen molar-refractivity contribution in [2.75, 3.05) is 13.1 Å². The lowest BCUT2D eigenvalue weighted by Gasteiger charge is -2.11. The van der Waals surface area contributed by atoms with Crippen molar-refractivity contribution in [3.8, 4) is 0 Å². The summed E-state index contributed by atoms with van der Waals surface area (Å²) in [6.45, 7) is 4.28. The molecule has 2 N–H and O–H groups in total. The predicted molar refractivity (Wildman–Crippen MR) is 107 cm³/mol. The van der Waals surface area contributed by atoms with Crippen LogP contribution in [0.4, 0.5) is 0 Å². The average Bonchev–Trinajstić information content (AvgIpc) is 2.90. The smallest absolute Gasteiger partial charge is 0.191 e. The average molecular weight is 448 g/mol. The molecule has 0 fully saturated rings. The van der Waals surface area contributed by atoms with Crippen LogP contribution in [0.3, 0.4) is 0 Å². The van der Waals surface area contributed by atoms with Gasteiger partial charge in [-0.05, 0) is 37.1 Å². The highest BCUT2D eigenvalue weighted by atomic mass is 127. The number of aliphatic imine (C=N–C) groups is 1. The second-order valence-corrected chi connectivity index (χ2v) is 5.38. The van der Waals surface area contributed by atoms with Crippen LogP contribution in [0.2, 0.25) is 5.02 Å². The second kappa shape index (κ2) is 10.5. The second-order valence-electron chi connectivity index (χ2n) is 4.95. The van der Waals surface area contributed by atoms with Crippen molar-refractivity contribution in [1.29, 1.82) is 0 Å². The fraction of sp³-hybridized carbons (Fsp3) is 0.375. The molecule has 0 amide bonds. The summed E-state index contributed by atoms with van der Waals surface area (Å²) in [7, 11) is 1.92. The van der Waals surface area contributed by atoms with Crippen molar-refractivity contribution in [1.82, 2.24) is 20.4 Å². The summed E-state index contributed by atoms with van der Waals surface area (Å²) in [4.78, 5) is 4.57. The highest BCUT2D eigenvalue weighted by molar-refractivity contribution is 14.0. The zero-order chi connectivity index (χ0) is 15.8. The van der Waals surface area contributed by atoms with Crippen molar-refractivity contribution in [3.05, 3.63) is 52.8 Å². The van der Waals surface area contributed by atoms with Gasteiger partial charge in [-0.3, -0.25) is 4.68 Å². The molecule has 0 spiro atoms. The molecule has 5 nitrogen and oxygen atoms in total. The fourth-order valence-electron chi connectivity index (χ4n) is 2.08. The van der Waals surface area contributed by atoms with Crippen LogP contribution in [0, 0.1) is 0 Å². The number of rotatable bonds is 6. The number of nitrogens with zero attached hydrogens (tertiary/aromatic N) is 3. The highest BCUT2D eigenvalue weighted by Crippen LogP contribution is 2.10. The lowest BCUT2D eigenvalue weighted by atomic mass is 10.1. The predicted octanol–water partition coefficient (Wildman–Crippen LogP) is 2.99. The van der Waals surface area contributed by atoms with Gasteiger partial charge in [0.05, 0.1) is 12.2 Å². The summed E-state index contributed by atoms with van der Waals surface area (Å²) in [6, 6.07) is 9.90. The van der Waals surface area contributed by atoms with Gasteiger partial charge in [-0.25, -0.2) is 4.99 Å². The van der Waals surface area contributed by atoms with Crippen molar-refractivity contribution < 1.29 is 0 Å². The molecule has 0 radical (unpaired) electrons. The molecule has 0 aliphatic rings. The van der Waals surface area contributed by atoms with Gasteiger partial charge in [0.1, 0.15) is 0 Å². The molecule has 0 bridgehead atoms. The lowest BCUT2D eigenvalue weighted by molar-refractivity contribution is 0.707. The minimum absolute atomic E-state index is 0. The Labute approximate surface area is 159 Å². The van der Waals surface area contributed by atoms with Crippen LogP contribution in [-0.4, -0.2) is 28.8 Å². The number of benzene rings is 1. The molecule has 0 aliphatic carbocycles. The van der Waals surface area contributed by atoms with Crippen molar-refractivity contribution in [2.45, 2.75) is 19.9 Å². The first kappa shape index (κ1) is 19.8. The van der Waals surface area contributed by atoms with Crippen molar-refractivity contribution in [3.63, 3.8) is 0 Å². The van der Waals surface area contributed by atoms with Crippen molar-refractivity contribution in [2.24, 2.45) is 12.0 Å². The zero-order valence-corrected chi connectivity index (χ0v) is 16.5. The molecule has 7 heteroatoms. The first-order valence-corrected chi connectivity index (χ1v) is 7.80. The maximum absolute atomic E-state index is 5.99. The molecule has 23 heavy (non-hydrogen) atoms. The Morgan fingerprint density at radius 2 is 2.13 bits per heavy atom. The quantitative estimate of drug-likeness (QED) is 0.407. The van der Waals surface area contributed by atoms with Gasteiger partial charge >= 0.3 is 0 Å². The molecule has 1 aromatic carbocycles. The Balaban J connectivity index is 0.00000264. The van der Waals surface area contributed by atoms with Gasteiger partial charge in [0, 0.05) is 31.4 Å². The number of halogens is 2. The molecule has 2 aromatic rings. The van der Waals surface area contributed by atoms with Crippen LogP contribution in [0.1, 0.15) is 18.2 Å². The van der Waals surface area contributed by atoms with Crippen LogP contribution in [0.15, 0.2) is 41.5 Å². The van der Waals surface area contributed by atoms with Gasteiger partial charge in [-0.1, -0.05) is 23.7 Å². The number of hydrogen-bond acceptors (Lipinski definition) is 2.